The molecule has 2 heteroatoms. The van der Waals surface area contributed by atoms with Crippen LogP contribution >= 0.6 is 0 Å². The maximum atomic E-state index is 10.0. The molecule has 0 atom stereocenters. The van der Waals surface area contributed by atoms with Crippen LogP contribution in [0.1, 0.15) is 65.7 Å². The van der Waals surface area contributed by atoms with Crippen molar-refractivity contribution in [1.29, 1.82) is 0 Å². The first kappa shape index (κ1) is 22.6. The Bertz CT molecular complexity index is 400. The second-order valence-corrected chi connectivity index (χ2v) is 5.89. The highest BCUT2D eigenvalue weighted by Crippen LogP contribution is 2.11. The molecule has 0 amide bonds. The van der Waals surface area contributed by atoms with Crippen LogP contribution in [0.3, 0.4) is 0 Å². The van der Waals surface area contributed by atoms with Gasteiger partial charge in [-0.3, -0.25) is 4.79 Å². The summed E-state index contributed by atoms with van der Waals surface area (Å²) in [5, 5.41) is 0. The van der Waals surface area contributed by atoms with Gasteiger partial charge in [0.2, 0.25) is 0 Å². The Morgan fingerprint density at radius 2 is 1.32 bits per heavy atom. The van der Waals surface area contributed by atoms with Crippen molar-refractivity contribution in [1.82, 2.24) is 0 Å². The van der Waals surface area contributed by atoms with Crippen molar-refractivity contribution in [3.8, 4) is 0 Å². The molecule has 0 saturated heterocycles. The summed E-state index contributed by atoms with van der Waals surface area (Å²) in [6.07, 6.45) is 10.1. The van der Waals surface area contributed by atoms with Crippen molar-refractivity contribution in [3.63, 3.8) is 0 Å². The molecule has 0 radical (unpaired) electrons. The van der Waals surface area contributed by atoms with E-state index >= 15 is 0 Å². The zero-order valence-corrected chi connectivity index (χ0v) is 14.6. The van der Waals surface area contributed by atoms with Gasteiger partial charge in [0.25, 0.3) is 0 Å². The molecular formula is C20H32O2. The fraction of sp³-hybridized carbons (Fsp3) is 0.500. The quantitative estimate of drug-likeness (QED) is 0.276. The fourth-order valence-electron chi connectivity index (χ4n) is 1.73. The monoisotopic (exact) mass is 304 g/mol. The second kappa shape index (κ2) is 15.7. The molecule has 124 valence electrons. The molecule has 0 aromatic heterocycles. The van der Waals surface area contributed by atoms with Crippen molar-refractivity contribution < 1.29 is 9.59 Å². The topological polar surface area (TPSA) is 34.1 Å². The van der Waals surface area contributed by atoms with Crippen LogP contribution in [0.2, 0.25) is 0 Å². The number of hydrogen-bond acceptors (Lipinski definition) is 2. The van der Waals surface area contributed by atoms with Crippen molar-refractivity contribution in [2.75, 3.05) is 0 Å². The van der Waals surface area contributed by atoms with Gasteiger partial charge in [0.05, 0.1) is 0 Å². The standard InChI is InChI=1S/2C10H16O/c2*1-9(2)5-4-6-10(3)7-8-11/h7-8H,1,4-6H2,2-3H3;8H,1,3-7H2,2H3/b10-7+;. The van der Waals surface area contributed by atoms with Gasteiger partial charge in [-0.05, 0) is 65.4 Å². The molecule has 0 bridgehead atoms. The third kappa shape index (κ3) is 20.6. The summed E-state index contributed by atoms with van der Waals surface area (Å²) in [6.45, 7) is 17.4. The lowest BCUT2D eigenvalue weighted by molar-refractivity contribution is -0.107. The van der Waals surface area contributed by atoms with Crippen LogP contribution in [0.5, 0.6) is 0 Å². The Labute approximate surface area is 136 Å². The first-order valence-electron chi connectivity index (χ1n) is 7.83. The molecule has 0 spiro atoms. The van der Waals surface area contributed by atoms with Crippen LogP contribution in [-0.2, 0) is 9.59 Å². The molecule has 0 unspecified atom stereocenters. The average molecular weight is 304 g/mol. The Morgan fingerprint density at radius 3 is 1.73 bits per heavy atom. The van der Waals surface area contributed by atoms with Crippen LogP contribution < -0.4 is 0 Å². The molecule has 0 N–H and O–H groups in total. The van der Waals surface area contributed by atoms with Crippen LogP contribution in [0.4, 0.5) is 0 Å². The van der Waals surface area contributed by atoms with E-state index in [1.54, 1.807) is 6.08 Å². The number of hydrogen-bond donors (Lipinski definition) is 0. The van der Waals surface area contributed by atoms with Gasteiger partial charge in [0.1, 0.15) is 12.6 Å². The minimum atomic E-state index is 0.510. The van der Waals surface area contributed by atoms with Crippen molar-refractivity contribution >= 4 is 12.6 Å². The van der Waals surface area contributed by atoms with Gasteiger partial charge in [0, 0.05) is 6.42 Å². The molecule has 0 aromatic rings. The largest absolute Gasteiger partial charge is 0.303 e. The first-order chi connectivity index (χ1) is 10.3. The van der Waals surface area contributed by atoms with Gasteiger partial charge in [-0.25, -0.2) is 0 Å². The van der Waals surface area contributed by atoms with Gasteiger partial charge in [0.15, 0.2) is 0 Å². The van der Waals surface area contributed by atoms with E-state index in [9.17, 15) is 9.59 Å². The van der Waals surface area contributed by atoms with Crippen LogP contribution in [0, 0.1) is 0 Å². The highest BCUT2D eigenvalue weighted by atomic mass is 16.1. The minimum Gasteiger partial charge on any atom is -0.303 e. The third-order valence-corrected chi connectivity index (χ3v) is 3.03. The van der Waals surface area contributed by atoms with E-state index in [1.807, 2.05) is 20.8 Å². The van der Waals surface area contributed by atoms with E-state index in [0.29, 0.717) is 6.42 Å². The predicted molar refractivity (Wildman–Crippen MR) is 97.0 cm³/mol. The second-order valence-electron chi connectivity index (χ2n) is 5.89. The number of rotatable bonds is 11. The normalized spacial score (nSPS) is 10.2. The lowest BCUT2D eigenvalue weighted by Crippen LogP contribution is -1.84. The zero-order valence-electron chi connectivity index (χ0n) is 14.6. The van der Waals surface area contributed by atoms with Crippen molar-refractivity contribution in [2.45, 2.75) is 65.7 Å². The van der Waals surface area contributed by atoms with Crippen LogP contribution in [0.25, 0.3) is 0 Å². The van der Waals surface area contributed by atoms with Crippen LogP contribution in [0.15, 0.2) is 48.1 Å². The molecule has 0 rings (SSSR count). The smallest absolute Gasteiger partial charge is 0.142 e. The molecule has 0 fully saturated rings. The molecule has 0 heterocycles. The number of carbonyl (C=O) groups excluding carboxylic acids is 2. The molecule has 2 nitrogen and oxygen atoms in total. The van der Waals surface area contributed by atoms with Gasteiger partial charge in [-0.1, -0.05) is 28.9 Å². The molecule has 0 aliphatic carbocycles. The lowest BCUT2D eigenvalue weighted by atomic mass is 10.1. The number of allylic oxidation sites excluding steroid dienone is 5. The molecule has 0 aliphatic rings. The predicted octanol–water partition coefficient (Wildman–Crippen LogP) is 5.76. The highest BCUT2D eigenvalue weighted by Gasteiger charge is 1.93. The van der Waals surface area contributed by atoms with E-state index in [4.69, 9.17) is 0 Å². The SMILES string of the molecule is C=C(C)CCC/C(C)=C/C=O.C=C(C)CCCC(=C)CC=O. The lowest BCUT2D eigenvalue weighted by Gasteiger charge is -2.00. The summed E-state index contributed by atoms with van der Waals surface area (Å²) in [6, 6.07) is 0. The Hall–Kier alpha value is -1.70. The van der Waals surface area contributed by atoms with Gasteiger partial charge >= 0.3 is 0 Å². The van der Waals surface area contributed by atoms with E-state index in [1.165, 1.54) is 11.1 Å². The van der Waals surface area contributed by atoms with E-state index in [0.717, 1.165) is 62.2 Å². The number of aldehydes is 2. The van der Waals surface area contributed by atoms with E-state index in [2.05, 4.69) is 19.7 Å². The first-order valence-corrected chi connectivity index (χ1v) is 7.83. The Morgan fingerprint density at radius 1 is 0.818 bits per heavy atom. The van der Waals surface area contributed by atoms with E-state index in [-0.39, 0.29) is 0 Å². The van der Waals surface area contributed by atoms with Crippen LogP contribution in [-0.4, -0.2) is 12.6 Å². The van der Waals surface area contributed by atoms with Crippen molar-refractivity contribution in [3.05, 3.63) is 48.1 Å². The molecule has 22 heavy (non-hydrogen) atoms. The molecule has 0 aromatic carbocycles. The minimum absolute atomic E-state index is 0.510. The van der Waals surface area contributed by atoms with E-state index < -0.39 is 0 Å². The third-order valence-electron chi connectivity index (χ3n) is 3.03. The summed E-state index contributed by atoms with van der Waals surface area (Å²) in [5.74, 6) is 0. The van der Waals surface area contributed by atoms with Crippen molar-refractivity contribution in [2.24, 2.45) is 0 Å². The summed E-state index contributed by atoms with van der Waals surface area (Å²) < 4.78 is 0. The molecular weight excluding hydrogens is 272 g/mol. The Kier molecular flexibility index (Phi) is 16.1. The maximum Gasteiger partial charge on any atom is 0.142 e. The Balaban J connectivity index is 0. The fourth-order valence-corrected chi connectivity index (χ4v) is 1.73. The maximum absolute atomic E-state index is 10.0. The summed E-state index contributed by atoms with van der Waals surface area (Å²) in [4.78, 5) is 20.1. The summed E-state index contributed by atoms with van der Waals surface area (Å²) in [5.41, 5.74) is 4.59. The summed E-state index contributed by atoms with van der Waals surface area (Å²) >= 11 is 0. The summed E-state index contributed by atoms with van der Waals surface area (Å²) in [7, 11) is 0. The molecule has 0 aliphatic heterocycles. The number of carbonyl (C=O) groups is 2. The average Bonchev–Trinajstić information content (AvgIpc) is 2.39. The zero-order chi connectivity index (χ0) is 17.4. The van der Waals surface area contributed by atoms with Gasteiger partial charge < -0.3 is 4.79 Å². The van der Waals surface area contributed by atoms with Gasteiger partial charge in [-0.2, -0.15) is 0 Å². The van der Waals surface area contributed by atoms with Gasteiger partial charge in [-0.15, -0.1) is 13.2 Å². The molecule has 0 saturated carbocycles. The highest BCUT2D eigenvalue weighted by molar-refractivity contribution is 5.65.